The Bertz CT molecular complexity index is 790. The van der Waals surface area contributed by atoms with Crippen LogP contribution < -0.4 is 15.4 Å². The molecule has 0 spiro atoms. The fourth-order valence-corrected chi connectivity index (χ4v) is 5.24. The third kappa shape index (κ3) is 7.09. The van der Waals surface area contributed by atoms with Gasteiger partial charge in [-0.2, -0.15) is 0 Å². The minimum atomic E-state index is -0.676. The van der Waals surface area contributed by atoms with Crippen molar-refractivity contribution in [2.45, 2.75) is 76.0 Å². The van der Waals surface area contributed by atoms with Gasteiger partial charge in [0, 0.05) is 31.2 Å². The Labute approximate surface area is 203 Å². The van der Waals surface area contributed by atoms with Gasteiger partial charge in [-0.05, 0) is 75.9 Å². The molecule has 1 saturated carbocycles. The topological polar surface area (TPSA) is 94.1 Å². The third-order valence-electron chi connectivity index (χ3n) is 7.34. The molecular formula is C26H40N4O4. The highest BCUT2D eigenvalue weighted by Gasteiger charge is 2.30. The molecular weight excluding hydrogens is 432 g/mol. The molecule has 0 bridgehead atoms. The van der Waals surface area contributed by atoms with Crippen molar-refractivity contribution in [1.82, 2.24) is 20.4 Å². The van der Waals surface area contributed by atoms with Gasteiger partial charge in [-0.1, -0.05) is 19.3 Å². The average molecular weight is 473 g/mol. The zero-order chi connectivity index (χ0) is 23.8. The lowest BCUT2D eigenvalue weighted by molar-refractivity contribution is 0.0808. The number of carbonyl (C=O) groups excluding carboxylic acids is 2. The van der Waals surface area contributed by atoms with Crippen LogP contribution in [0.5, 0.6) is 5.75 Å². The molecule has 0 aromatic heterocycles. The van der Waals surface area contributed by atoms with E-state index in [2.05, 4.69) is 15.5 Å². The van der Waals surface area contributed by atoms with Crippen molar-refractivity contribution in [2.24, 2.45) is 0 Å². The number of carbonyl (C=O) groups is 2. The Hall–Kier alpha value is -2.32. The smallest absolute Gasteiger partial charge is 0.317 e. The lowest BCUT2D eigenvalue weighted by Gasteiger charge is -2.30. The van der Waals surface area contributed by atoms with Gasteiger partial charge in [0.1, 0.15) is 12.4 Å². The highest BCUT2D eigenvalue weighted by molar-refractivity contribution is 5.94. The Balaban J connectivity index is 1.27. The molecule has 8 heteroatoms. The monoisotopic (exact) mass is 472 g/mol. The minimum absolute atomic E-state index is 0.0873. The summed E-state index contributed by atoms with van der Waals surface area (Å²) in [5.74, 6) is 0.498. The maximum Gasteiger partial charge on any atom is 0.317 e. The molecule has 3 N–H and O–H groups in total. The van der Waals surface area contributed by atoms with E-state index >= 15 is 0 Å². The van der Waals surface area contributed by atoms with Crippen molar-refractivity contribution in [2.75, 3.05) is 39.3 Å². The second-order valence-corrected chi connectivity index (χ2v) is 9.94. The first-order valence-corrected chi connectivity index (χ1v) is 13.1. The molecule has 1 aromatic rings. The normalized spacial score (nSPS) is 24.4. The van der Waals surface area contributed by atoms with E-state index in [0.29, 0.717) is 31.7 Å². The van der Waals surface area contributed by atoms with Gasteiger partial charge in [0.25, 0.3) is 5.91 Å². The first-order valence-electron chi connectivity index (χ1n) is 13.1. The van der Waals surface area contributed by atoms with Crippen molar-refractivity contribution in [3.8, 4) is 5.75 Å². The molecule has 3 aliphatic rings. The number of hydrogen-bond donors (Lipinski definition) is 3. The average Bonchev–Trinajstić information content (AvgIpc) is 3.30. The fraction of sp³-hybridized carbons (Fsp3) is 0.692. The van der Waals surface area contributed by atoms with E-state index in [1.807, 2.05) is 12.1 Å². The molecule has 0 radical (unpaired) electrons. The number of aliphatic hydroxyl groups excluding tert-OH is 1. The van der Waals surface area contributed by atoms with Crippen LogP contribution in [0.1, 0.15) is 68.1 Å². The van der Waals surface area contributed by atoms with Crippen molar-refractivity contribution in [3.05, 3.63) is 29.8 Å². The standard InChI is InChI=1S/C26H40N4O4/c31-24-9-6-16-30(26(33)27-21-7-2-1-3-8-21)19-23(24)28-25(32)20-10-12-22(13-11-20)34-18-17-29-14-4-5-15-29/h10-13,21,23-24,31H,1-9,14-19H2,(H,27,33)(H,28,32)/t23-,24-/m1/s1. The number of urea groups is 1. The first-order chi connectivity index (χ1) is 16.6. The zero-order valence-electron chi connectivity index (χ0n) is 20.2. The molecule has 2 saturated heterocycles. The summed E-state index contributed by atoms with van der Waals surface area (Å²) in [5.41, 5.74) is 0.515. The summed E-state index contributed by atoms with van der Waals surface area (Å²) >= 11 is 0. The largest absolute Gasteiger partial charge is 0.492 e. The molecule has 1 aliphatic carbocycles. The number of nitrogens with zero attached hydrogens (tertiary/aromatic N) is 2. The summed E-state index contributed by atoms with van der Waals surface area (Å²) in [6.07, 6.45) is 8.74. The maximum atomic E-state index is 12.9. The fourth-order valence-electron chi connectivity index (χ4n) is 5.24. The van der Waals surface area contributed by atoms with Gasteiger partial charge < -0.3 is 25.4 Å². The number of rotatable bonds is 7. The number of likely N-dealkylation sites (tertiary alicyclic amines) is 2. The minimum Gasteiger partial charge on any atom is -0.492 e. The first kappa shape index (κ1) is 24.8. The van der Waals surface area contributed by atoms with Crippen molar-refractivity contribution in [3.63, 3.8) is 0 Å². The molecule has 8 nitrogen and oxygen atoms in total. The second-order valence-electron chi connectivity index (χ2n) is 9.94. The van der Waals surface area contributed by atoms with Crippen LogP contribution in [0.25, 0.3) is 0 Å². The molecule has 3 amide bonds. The quantitative estimate of drug-likeness (QED) is 0.567. The molecule has 4 rings (SSSR count). The van der Waals surface area contributed by atoms with Gasteiger partial charge >= 0.3 is 6.03 Å². The van der Waals surface area contributed by atoms with Gasteiger partial charge in [0.05, 0.1) is 12.1 Å². The summed E-state index contributed by atoms with van der Waals surface area (Å²) in [6, 6.07) is 6.77. The number of hydrogen-bond acceptors (Lipinski definition) is 5. The second kappa shape index (κ2) is 12.4. The van der Waals surface area contributed by atoms with E-state index in [-0.39, 0.29) is 18.0 Å². The number of nitrogens with one attached hydrogen (secondary N) is 2. The molecule has 2 heterocycles. The van der Waals surface area contributed by atoms with Crippen LogP contribution in [-0.4, -0.2) is 84.4 Å². The highest BCUT2D eigenvalue weighted by atomic mass is 16.5. The lowest BCUT2D eigenvalue weighted by atomic mass is 9.96. The maximum absolute atomic E-state index is 12.9. The molecule has 34 heavy (non-hydrogen) atoms. The molecule has 188 valence electrons. The van der Waals surface area contributed by atoms with Crippen LogP contribution in [0, 0.1) is 0 Å². The van der Waals surface area contributed by atoms with Crippen molar-refractivity contribution < 1.29 is 19.4 Å². The number of amides is 3. The number of ether oxygens (including phenoxy) is 1. The van der Waals surface area contributed by atoms with Gasteiger partial charge in [-0.15, -0.1) is 0 Å². The predicted octanol–water partition coefficient (Wildman–Crippen LogP) is 2.76. The van der Waals surface area contributed by atoms with Crippen molar-refractivity contribution >= 4 is 11.9 Å². The van der Waals surface area contributed by atoms with Crippen LogP contribution in [-0.2, 0) is 0 Å². The van der Waals surface area contributed by atoms with E-state index < -0.39 is 12.1 Å². The molecule has 0 unspecified atom stereocenters. The van der Waals surface area contributed by atoms with Gasteiger partial charge in [0.15, 0.2) is 0 Å². The van der Waals surface area contributed by atoms with E-state index in [9.17, 15) is 14.7 Å². The van der Waals surface area contributed by atoms with E-state index in [1.54, 1.807) is 17.0 Å². The summed E-state index contributed by atoms with van der Waals surface area (Å²) < 4.78 is 5.82. The van der Waals surface area contributed by atoms with E-state index in [4.69, 9.17) is 4.74 Å². The molecule has 3 fully saturated rings. The van der Waals surface area contributed by atoms with E-state index in [1.165, 1.54) is 19.3 Å². The van der Waals surface area contributed by atoms with Gasteiger partial charge in [-0.25, -0.2) is 4.79 Å². The molecule has 2 aliphatic heterocycles. The molecule has 1 aromatic carbocycles. The molecule has 2 atom stereocenters. The van der Waals surface area contributed by atoms with Gasteiger partial charge in [0.2, 0.25) is 0 Å². The highest BCUT2D eigenvalue weighted by Crippen LogP contribution is 2.19. The number of aliphatic hydroxyl groups is 1. The Kier molecular flexibility index (Phi) is 9.04. The Morgan fingerprint density at radius 2 is 1.65 bits per heavy atom. The summed E-state index contributed by atoms with van der Waals surface area (Å²) in [6.45, 7) is 4.75. The Morgan fingerprint density at radius 1 is 0.912 bits per heavy atom. The summed E-state index contributed by atoms with van der Waals surface area (Å²) in [5, 5.41) is 16.7. The van der Waals surface area contributed by atoms with Crippen molar-refractivity contribution in [1.29, 1.82) is 0 Å². The SMILES string of the molecule is O=C(N[C@@H]1CN(C(=O)NC2CCCCC2)CCC[C@H]1O)c1ccc(OCCN2CCCC2)cc1. The summed E-state index contributed by atoms with van der Waals surface area (Å²) in [4.78, 5) is 29.9. The number of benzene rings is 1. The Morgan fingerprint density at radius 3 is 2.38 bits per heavy atom. The van der Waals surface area contributed by atoms with E-state index in [0.717, 1.165) is 57.5 Å². The predicted molar refractivity (Wildman–Crippen MR) is 131 cm³/mol. The van der Waals surface area contributed by atoms with Crippen LogP contribution in [0.15, 0.2) is 24.3 Å². The lowest BCUT2D eigenvalue weighted by Crippen LogP contribution is -2.53. The summed E-state index contributed by atoms with van der Waals surface area (Å²) in [7, 11) is 0. The zero-order valence-corrected chi connectivity index (χ0v) is 20.2. The van der Waals surface area contributed by atoms with Crippen LogP contribution in [0.4, 0.5) is 4.79 Å². The van der Waals surface area contributed by atoms with Crippen LogP contribution >= 0.6 is 0 Å². The van der Waals surface area contributed by atoms with Gasteiger partial charge in [-0.3, -0.25) is 9.69 Å². The van der Waals surface area contributed by atoms with Crippen LogP contribution in [0.3, 0.4) is 0 Å². The third-order valence-corrected chi connectivity index (χ3v) is 7.34. The van der Waals surface area contributed by atoms with Crippen LogP contribution in [0.2, 0.25) is 0 Å².